The zero-order chi connectivity index (χ0) is 7.21. The van der Waals surface area contributed by atoms with Crippen LogP contribution >= 0.6 is 37.7 Å². The van der Waals surface area contributed by atoms with Gasteiger partial charge in [0.2, 0.25) is 0 Å². The number of hydrogen-bond donors (Lipinski definition) is 2. The van der Waals surface area contributed by atoms with E-state index in [-0.39, 0.29) is 0 Å². The Balaban J connectivity index is 0. The molecular formula is H3Cl4N3Pt. The minimum atomic E-state index is -3.06. The van der Waals surface area contributed by atoms with Gasteiger partial charge in [0.05, 0.1) is 0 Å². The van der Waals surface area contributed by atoms with Crippen LogP contribution in [-0.4, -0.2) is 0 Å². The van der Waals surface area contributed by atoms with E-state index < -0.39 is 11.9 Å². The van der Waals surface area contributed by atoms with Crippen molar-refractivity contribution >= 4 is 37.7 Å². The third-order valence-corrected chi connectivity index (χ3v) is 0. The Hall–Kier alpha value is 1.25. The van der Waals surface area contributed by atoms with Crippen LogP contribution in [0.4, 0.5) is 0 Å². The maximum atomic E-state index is 5.61. The number of nitrogens with one attached hydrogen (secondary N) is 1. The van der Waals surface area contributed by atoms with Crippen LogP contribution in [0.5, 0.6) is 0 Å². The summed E-state index contributed by atoms with van der Waals surface area (Å²) in [5.74, 6) is 4.14. The van der Waals surface area contributed by atoms with Crippen molar-refractivity contribution in [2.24, 2.45) is 11.1 Å². The van der Waals surface area contributed by atoms with Gasteiger partial charge in [0.15, 0.2) is 0 Å². The molecule has 0 rings (SSSR count). The van der Waals surface area contributed by atoms with E-state index >= 15 is 0 Å². The molecule has 0 radical (unpaired) electrons. The molecule has 8 heavy (non-hydrogen) atoms. The van der Waals surface area contributed by atoms with E-state index in [1.807, 2.05) is 0 Å². The fourth-order valence-corrected chi connectivity index (χ4v) is 0. The summed E-state index contributed by atoms with van der Waals surface area (Å²) in [6, 6.07) is 0. The summed E-state index contributed by atoms with van der Waals surface area (Å²) in [5, 5.41) is 2.25. The second kappa shape index (κ2) is 6.37. The maximum absolute atomic E-state index is 5.61. The Morgan fingerprint density at radius 3 is 1.25 bits per heavy atom. The monoisotopic (exact) mass is 380 g/mol. The molecule has 3 nitrogen and oxygen atoms in total. The SMILES string of the molecule is N=NN.[Cl][Pt]([Cl])([Cl])[Cl]. The van der Waals surface area contributed by atoms with Gasteiger partial charge in [0.1, 0.15) is 0 Å². The van der Waals surface area contributed by atoms with Crippen molar-refractivity contribution in [3.05, 3.63) is 0 Å². The van der Waals surface area contributed by atoms with Crippen LogP contribution in [0.3, 0.4) is 0 Å². The number of rotatable bonds is 0. The van der Waals surface area contributed by atoms with Gasteiger partial charge >= 0.3 is 49.6 Å². The molecule has 0 saturated heterocycles. The molecule has 56 valence electrons. The fourth-order valence-electron chi connectivity index (χ4n) is 0. The van der Waals surface area contributed by atoms with Crippen molar-refractivity contribution in [3.63, 3.8) is 0 Å². The van der Waals surface area contributed by atoms with Gasteiger partial charge in [-0.05, 0) is 0 Å². The Morgan fingerprint density at radius 2 is 1.25 bits per heavy atom. The van der Waals surface area contributed by atoms with Crippen LogP contribution in [0.2, 0.25) is 0 Å². The van der Waals surface area contributed by atoms with E-state index in [2.05, 4.69) is 11.1 Å². The van der Waals surface area contributed by atoms with Crippen molar-refractivity contribution in [3.8, 4) is 0 Å². The summed E-state index contributed by atoms with van der Waals surface area (Å²) in [6.07, 6.45) is 0. The molecule has 3 N–H and O–H groups in total. The minimum absolute atomic E-state index is 2.25. The van der Waals surface area contributed by atoms with Gasteiger partial charge in [0, 0.05) is 0 Å². The van der Waals surface area contributed by atoms with Crippen molar-refractivity contribution in [2.45, 2.75) is 0 Å². The van der Waals surface area contributed by atoms with Crippen molar-refractivity contribution in [1.82, 2.24) is 0 Å². The summed E-state index contributed by atoms with van der Waals surface area (Å²) in [7, 11) is 20.0. The van der Waals surface area contributed by atoms with Gasteiger partial charge < -0.3 is 5.84 Å². The van der Waals surface area contributed by atoms with E-state index in [1.54, 1.807) is 0 Å². The molecule has 0 bridgehead atoms. The zero-order valence-electron chi connectivity index (χ0n) is 3.35. The predicted octanol–water partition coefficient (Wildman–Crippen LogP) is 2.65. The topological polar surface area (TPSA) is 62.2 Å². The first-order valence-corrected chi connectivity index (χ1v) is 12.2. The van der Waals surface area contributed by atoms with Crippen molar-refractivity contribution in [2.75, 3.05) is 0 Å². The molecule has 0 heterocycles. The van der Waals surface area contributed by atoms with Crippen molar-refractivity contribution < 1.29 is 11.9 Å². The van der Waals surface area contributed by atoms with E-state index in [4.69, 9.17) is 43.2 Å². The molecule has 0 saturated carbocycles. The molecule has 0 aliphatic heterocycles. The van der Waals surface area contributed by atoms with Crippen LogP contribution in [0.25, 0.3) is 0 Å². The summed E-state index contributed by atoms with van der Waals surface area (Å²) in [5.41, 5.74) is 5.61. The summed E-state index contributed by atoms with van der Waals surface area (Å²) in [6.45, 7) is 0. The standard InChI is InChI=1S/4ClH.H3N3.Pt/c;;;;1-3-2;/h4*1H;(H3,1,2);/q;;;;;+4/p-4. The zero-order valence-corrected chi connectivity index (χ0v) is 8.65. The molecule has 0 aliphatic carbocycles. The van der Waals surface area contributed by atoms with Crippen LogP contribution in [0.15, 0.2) is 5.22 Å². The Morgan fingerprint density at radius 1 is 1.25 bits per heavy atom. The molecule has 0 aromatic carbocycles. The molecule has 0 spiro atoms. The predicted molar refractivity (Wildman–Crippen MR) is 32.7 cm³/mol. The Kier molecular flexibility index (Phi) is 9.54. The van der Waals surface area contributed by atoms with E-state index in [0.29, 0.717) is 0 Å². The molecule has 0 aromatic heterocycles. The van der Waals surface area contributed by atoms with Gasteiger partial charge in [-0.3, -0.25) is 0 Å². The van der Waals surface area contributed by atoms with E-state index in [9.17, 15) is 0 Å². The molecule has 0 unspecified atom stereocenters. The van der Waals surface area contributed by atoms with Gasteiger partial charge in [-0.2, -0.15) is 5.53 Å². The van der Waals surface area contributed by atoms with Crippen LogP contribution < -0.4 is 5.84 Å². The molecule has 0 fully saturated rings. The van der Waals surface area contributed by atoms with Gasteiger partial charge in [-0.25, -0.2) is 0 Å². The quantitative estimate of drug-likeness (QED) is 0.378. The molecule has 0 aliphatic rings. The first kappa shape index (κ1) is 12.0. The van der Waals surface area contributed by atoms with E-state index in [1.165, 1.54) is 0 Å². The van der Waals surface area contributed by atoms with Crippen LogP contribution in [0.1, 0.15) is 0 Å². The third-order valence-electron chi connectivity index (χ3n) is 0. The first-order chi connectivity index (χ1) is 3.41. The second-order valence-corrected chi connectivity index (χ2v) is 20.1. The third kappa shape index (κ3) is 182. The summed E-state index contributed by atoms with van der Waals surface area (Å²) >= 11 is -3.06. The normalized spacial score (nSPS) is 11.0. The summed E-state index contributed by atoms with van der Waals surface area (Å²) < 4.78 is 0. The van der Waals surface area contributed by atoms with Gasteiger partial charge in [0.25, 0.3) is 0 Å². The number of nitrogens with zero attached hydrogens (tertiary/aromatic N) is 1. The molecule has 8 heteroatoms. The first-order valence-electron chi connectivity index (χ1n) is 0.960. The van der Waals surface area contributed by atoms with Gasteiger partial charge in [-0.1, -0.05) is 5.22 Å². The second-order valence-electron chi connectivity index (χ2n) is 0.400. The average molecular weight is 382 g/mol. The van der Waals surface area contributed by atoms with E-state index in [0.717, 1.165) is 0 Å². The van der Waals surface area contributed by atoms with Crippen LogP contribution in [-0.2, 0) is 11.9 Å². The van der Waals surface area contributed by atoms with Crippen LogP contribution in [0, 0.1) is 5.53 Å². The fraction of sp³-hybridized carbons (Fsp3) is 0. The number of nitrogens with two attached hydrogens (primary N) is 1. The number of halogens is 4. The molecule has 0 atom stereocenters. The molecule has 0 aromatic rings. The number of hydrogen-bond acceptors (Lipinski definition) is 2. The van der Waals surface area contributed by atoms with Gasteiger partial charge in [-0.15, -0.1) is 0 Å². The average Bonchev–Trinajstić information content (AvgIpc) is 1.27. The van der Waals surface area contributed by atoms with Crippen molar-refractivity contribution in [1.29, 1.82) is 5.53 Å². The Bertz CT molecular complexity index is 50.8. The Labute approximate surface area is 65.8 Å². The molecule has 0 amide bonds. The molecular weight excluding hydrogens is 379 g/mol. The summed E-state index contributed by atoms with van der Waals surface area (Å²) in [4.78, 5) is 0.